The van der Waals surface area contributed by atoms with E-state index >= 15 is 0 Å². The highest BCUT2D eigenvalue weighted by Gasteiger charge is 2.21. The molecule has 0 radical (unpaired) electrons. The summed E-state index contributed by atoms with van der Waals surface area (Å²) in [6.07, 6.45) is 0. The molecule has 78 valence electrons. The summed E-state index contributed by atoms with van der Waals surface area (Å²) in [4.78, 5) is 27.9. The minimum Gasteiger partial charge on any atom is -0.308 e. The smallest absolute Gasteiger partial charge is 0.308 e. The Morgan fingerprint density at radius 3 is 2.08 bits per heavy atom. The number of carbonyl (C=O) groups excluding carboxylic acids is 1. The molecule has 0 aliphatic rings. The molecule has 4 N–H and O–H groups in total. The number of hydrogen-bond acceptors (Lipinski definition) is 3. The molecular weight excluding hydrogens is 195 g/mol. The third kappa shape index (κ3) is 6.72. The Labute approximate surface area is 76.9 Å². The highest BCUT2D eigenvalue weighted by atomic mass is 31.2. The average molecular weight is 210 g/mol. The van der Waals surface area contributed by atoms with Crippen LogP contribution in [-0.4, -0.2) is 27.8 Å². The Bertz CT molecular complexity index is 225. The molecule has 0 unspecified atom stereocenters. The fraction of sp³-hybridized carbons (Fsp3) is 0.833. The van der Waals surface area contributed by atoms with Gasteiger partial charge in [-0.25, -0.2) is 4.57 Å². The highest BCUT2D eigenvalue weighted by molar-refractivity contribution is 7.50. The van der Waals surface area contributed by atoms with Crippen molar-refractivity contribution in [1.82, 2.24) is 10.4 Å². The minimum atomic E-state index is -4.46. The van der Waals surface area contributed by atoms with Crippen LogP contribution in [0.2, 0.25) is 0 Å². The van der Waals surface area contributed by atoms with Crippen LogP contribution in [0.4, 0.5) is 0 Å². The van der Waals surface area contributed by atoms with Crippen LogP contribution in [0.1, 0.15) is 20.8 Å². The van der Waals surface area contributed by atoms with Crippen LogP contribution in [0, 0.1) is 0 Å². The fourth-order valence-electron chi connectivity index (χ4n) is 0.816. The van der Waals surface area contributed by atoms with E-state index in [0.29, 0.717) is 0 Å². The van der Waals surface area contributed by atoms with Gasteiger partial charge in [-0.2, -0.15) is 0 Å². The van der Waals surface area contributed by atoms with Crippen LogP contribution in [0.5, 0.6) is 0 Å². The van der Waals surface area contributed by atoms with Gasteiger partial charge in [0.2, 0.25) is 5.91 Å². The van der Waals surface area contributed by atoms with E-state index in [4.69, 9.17) is 9.79 Å². The van der Waals surface area contributed by atoms with Gasteiger partial charge in [-0.3, -0.25) is 9.88 Å². The maximum atomic E-state index is 11.0. The van der Waals surface area contributed by atoms with Gasteiger partial charge in [-0.15, -0.1) is 0 Å². The molecule has 0 heterocycles. The van der Waals surface area contributed by atoms with Gasteiger partial charge in [-0.05, 0) is 6.92 Å². The number of carbonyl (C=O) groups is 1. The van der Waals surface area contributed by atoms with Crippen LogP contribution < -0.4 is 10.4 Å². The minimum absolute atomic E-state index is 0.0810. The fourth-order valence-corrected chi connectivity index (χ4v) is 1.30. The zero-order valence-electron chi connectivity index (χ0n) is 7.81. The van der Waals surface area contributed by atoms with Crippen LogP contribution in [0.15, 0.2) is 0 Å². The van der Waals surface area contributed by atoms with Crippen LogP contribution >= 0.6 is 7.75 Å². The summed E-state index contributed by atoms with van der Waals surface area (Å²) in [6.45, 7) is 5.20. The van der Waals surface area contributed by atoms with Gasteiger partial charge < -0.3 is 15.1 Å². The van der Waals surface area contributed by atoms with Crippen molar-refractivity contribution >= 4 is 13.7 Å². The summed E-state index contributed by atoms with van der Waals surface area (Å²) < 4.78 is 10.4. The summed E-state index contributed by atoms with van der Waals surface area (Å²) in [5, 5.41) is 4.40. The second-order valence-corrected chi connectivity index (χ2v) is 4.37. The van der Waals surface area contributed by atoms with E-state index in [1.165, 1.54) is 6.92 Å². The molecule has 0 aliphatic carbocycles. The largest absolute Gasteiger partial charge is 0.429 e. The van der Waals surface area contributed by atoms with Crippen molar-refractivity contribution in [3.8, 4) is 0 Å². The second-order valence-electron chi connectivity index (χ2n) is 3.06. The molecule has 0 aliphatic heterocycles. The van der Waals surface area contributed by atoms with Gasteiger partial charge in [0.05, 0.1) is 6.04 Å². The second kappa shape index (κ2) is 4.72. The first-order chi connectivity index (χ1) is 5.72. The van der Waals surface area contributed by atoms with Crippen molar-refractivity contribution in [2.45, 2.75) is 32.9 Å². The van der Waals surface area contributed by atoms with Gasteiger partial charge in [0.15, 0.2) is 0 Å². The zero-order valence-corrected chi connectivity index (χ0v) is 8.71. The number of hydrogen-bond donors (Lipinski definition) is 4. The van der Waals surface area contributed by atoms with Crippen molar-refractivity contribution < 1.29 is 19.1 Å². The quantitative estimate of drug-likeness (QED) is 0.472. The topological polar surface area (TPSA) is 98.7 Å². The molecule has 1 atom stereocenters. The lowest BCUT2D eigenvalue weighted by Crippen LogP contribution is -2.43. The van der Waals surface area contributed by atoms with Crippen molar-refractivity contribution in [2.75, 3.05) is 0 Å². The lowest BCUT2D eigenvalue weighted by molar-refractivity contribution is -0.121. The lowest BCUT2D eigenvalue weighted by atomic mass is 10.3. The van der Waals surface area contributed by atoms with Crippen molar-refractivity contribution in [1.29, 1.82) is 0 Å². The van der Waals surface area contributed by atoms with Gasteiger partial charge in [-0.1, -0.05) is 13.8 Å². The predicted molar refractivity (Wildman–Crippen MR) is 47.9 cm³/mol. The molecule has 0 saturated heterocycles. The molecule has 7 heteroatoms. The molecule has 0 fully saturated rings. The average Bonchev–Trinajstić information content (AvgIpc) is 1.81. The van der Waals surface area contributed by atoms with Crippen molar-refractivity contribution in [2.24, 2.45) is 0 Å². The molecule has 13 heavy (non-hydrogen) atoms. The molecule has 0 aromatic carbocycles. The van der Waals surface area contributed by atoms with Crippen LogP contribution in [0.3, 0.4) is 0 Å². The molecular formula is C6H15N2O4P. The molecule has 0 bridgehead atoms. The summed E-state index contributed by atoms with van der Waals surface area (Å²) in [7, 11) is -4.46. The first-order valence-electron chi connectivity index (χ1n) is 3.86. The van der Waals surface area contributed by atoms with Crippen molar-refractivity contribution in [3.63, 3.8) is 0 Å². The Hall–Kier alpha value is -0.420. The Morgan fingerprint density at radius 1 is 1.31 bits per heavy atom. The van der Waals surface area contributed by atoms with Crippen LogP contribution in [0.25, 0.3) is 0 Å². The molecule has 0 aromatic heterocycles. The molecule has 0 rings (SSSR count). The van der Waals surface area contributed by atoms with E-state index in [1.54, 1.807) is 5.09 Å². The number of rotatable bonds is 4. The third-order valence-electron chi connectivity index (χ3n) is 1.23. The summed E-state index contributed by atoms with van der Waals surface area (Å²) in [5.74, 6) is -0.706. The van der Waals surface area contributed by atoms with Crippen LogP contribution in [-0.2, 0) is 9.36 Å². The maximum Gasteiger partial charge on any atom is 0.429 e. The Morgan fingerprint density at radius 2 is 1.77 bits per heavy atom. The predicted octanol–water partition coefficient (Wildman–Crippen LogP) is -0.418. The number of amides is 1. The SMILES string of the molecule is CC(C)N[C@@H](C)C(=O)NP(=O)(O)O. The lowest BCUT2D eigenvalue weighted by Gasteiger charge is -2.16. The zero-order chi connectivity index (χ0) is 10.6. The normalized spacial score (nSPS) is 14.3. The molecule has 6 nitrogen and oxygen atoms in total. The van der Waals surface area contributed by atoms with E-state index in [9.17, 15) is 9.36 Å². The van der Waals surface area contributed by atoms with E-state index in [-0.39, 0.29) is 6.04 Å². The Kier molecular flexibility index (Phi) is 4.56. The van der Waals surface area contributed by atoms with E-state index in [1.807, 2.05) is 13.8 Å². The molecule has 1 amide bonds. The summed E-state index contributed by atoms with van der Waals surface area (Å²) in [6, 6.07) is -0.537. The Balaban J connectivity index is 4.05. The molecule has 0 aromatic rings. The van der Waals surface area contributed by atoms with Gasteiger partial charge >= 0.3 is 7.75 Å². The van der Waals surface area contributed by atoms with Crippen molar-refractivity contribution in [3.05, 3.63) is 0 Å². The summed E-state index contributed by atoms with van der Waals surface area (Å²) >= 11 is 0. The van der Waals surface area contributed by atoms with E-state index in [2.05, 4.69) is 5.32 Å². The monoisotopic (exact) mass is 210 g/mol. The third-order valence-corrected chi connectivity index (χ3v) is 1.74. The number of nitrogens with one attached hydrogen (secondary N) is 2. The maximum absolute atomic E-state index is 11.0. The molecule has 0 spiro atoms. The first kappa shape index (κ1) is 12.6. The molecule has 0 saturated carbocycles. The van der Waals surface area contributed by atoms with E-state index in [0.717, 1.165) is 0 Å². The van der Waals surface area contributed by atoms with Gasteiger partial charge in [0, 0.05) is 6.04 Å². The van der Waals surface area contributed by atoms with E-state index < -0.39 is 19.7 Å². The first-order valence-corrected chi connectivity index (χ1v) is 5.47. The summed E-state index contributed by atoms with van der Waals surface area (Å²) in [5.41, 5.74) is 0. The van der Waals surface area contributed by atoms with Gasteiger partial charge in [0.1, 0.15) is 0 Å². The standard InChI is InChI=1S/C6H15N2O4P/c1-4(2)7-5(3)6(9)8-13(10,11)12/h4-5,7H,1-3H3,(H3,8,9,10,11,12)/t5-/m0/s1. The highest BCUT2D eigenvalue weighted by Crippen LogP contribution is 2.27. The van der Waals surface area contributed by atoms with Gasteiger partial charge in [0.25, 0.3) is 0 Å².